The summed E-state index contributed by atoms with van der Waals surface area (Å²) >= 11 is 0. The topological polar surface area (TPSA) is 88.2 Å². The van der Waals surface area contributed by atoms with Gasteiger partial charge in [0.05, 0.1) is 25.6 Å². The van der Waals surface area contributed by atoms with Crippen LogP contribution in [0.15, 0.2) is 36.4 Å². The van der Waals surface area contributed by atoms with Crippen molar-refractivity contribution in [2.45, 2.75) is 6.42 Å². The smallest absolute Gasteiger partial charge is 0.326 e. The predicted octanol–water partition coefficient (Wildman–Crippen LogP) is 1.70. The summed E-state index contributed by atoms with van der Waals surface area (Å²) in [6, 6.07) is 9.09. The van der Waals surface area contributed by atoms with Gasteiger partial charge in [-0.3, -0.25) is 9.10 Å². The van der Waals surface area contributed by atoms with E-state index in [-0.39, 0.29) is 5.69 Å². The van der Waals surface area contributed by atoms with E-state index in [1.165, 1.54) is 26.3 Å². The second kappa shape index (κ2) is 8.16. The molecular formula is C19H22FN3O5S. The molecule has 0 saturated heterocycles. The van der Waals surface area contributed by atoms with E-state index in [2.05, 4.69) is 5.32 Å². The maximum atomic E-state index is 13.6. The predicted molar refractivity (Wildman–Crippen MR) is 107 cm³/mol. The van der Waals surface area contributed by atoms with Gasteiger partial charge in [0.2, 0.25) is 5.91 Å². The third-order valence-electron chi connectivity index (χ3n) is 4.64. The number of benzene rings is 2. The van der Waals surface area contributed by atoms with E-state index >= 15 is 0 Å². The maximum Gasteiger partial charge on any atom is 0.326 e. The van der Waals surface area contributed by atoms with E-state index in [9.17, 15) is 17.6 Å². The van der Waals surface area contributed by atoms with Gasteiger partial charge in [-0.2, -0.15) is 8.42 Å². The van der Waals surface area contributed by atoms with Crippen LogP contribution in [0.3, 0.4) is 0 Å². The van der Waals surface area contributed by atoms with Crippen LogP contribution in [0.5, 0.6) is 11.5 Å². The maximum absolute atomic E-state index is 13.6. The fourth-order valence-corrected chi connectivity index (χ4v) is 4.47. The van der Waals surface area contributed by atoms with E-state index in [0.717, 1.165) is 20.2 Å². The van der Waals surface area contributed by atoms with Crippen LogP contribution >= 0.6 is 0 Å². The Morgan fingerprint density at radius 3 is 2.48 bits per heavy atom. The summed E-state index contributed by atoms with van der Waals surface area (Å²) in [5, 5.41) is 2.69. The zero-order chi connectivity index (χ0) is 21.2. The number of methoxy groups -OCH3 is 2. The lowest BCUT2D eigenvalue weighted by Gasteiger charge is -2.18. The number of nitrogens with zero attached hydrogens (tertiary/aromatic N) is 2. The molecular weight excluding hydrogens is 401 g/mol. The highest BCUT2D eigenvalue weighted by Crippen LogP contribution is 2.39. The van der Waals surface area contributed by atoms with Crippen molar-refractivity contribution in [3.8, 4) is 11.5 Å². The van der Waals surface area contributed by atoms with E-state index in [1.54, 1.807) is 13.2 Å². The molecule has 2 aromatic carbocycles. The largest absolute Gasteiger partial charge is 0.493 e. The van der Waals surface area contributed by atoms with Gasteiger partial charge >= 0.3 is 10.2 Å². The molecule has 1 N–H and O–H groups in total. The Bertz CT molecular complexity index is 1030. The first-order chi connectivity index (χ1) is 13.8. The molecule has 8 nitrogen and oxygen atoms in total. The van der Waals surface area contributed by atoms with Crippen LogP contribution in [0.25, 0.3) is 0 Å². The molecule has 0 aromatic heterocycles. The monoisotopic (exact) mass is 423 g/mol. The van der Waals surface area contributed by atoms with Crippen LogP contribution in [-0.4, -0.2) is 48.7 Å². The van der Waals surface area contributed by atoms with Gasteiger partial charge in [0.1, 0.15) is 12.4 Å². The molecule has 0 unspecified atom stereocenters. The summed E-state index contributed by atoms with van der Waals surface area (Å²) in [5.74, 6) is 0.128. The quantitative estimate of drug-likeness (QED) is 0.733. The summed E-state index contributed by atoms with van der Waals surface area (Å²) in [5.41, 5.74) is 1.39. The first-order valence-electron chi connectivity index (χ1n) is 8.81. The number of fused-ring (bicyclic) bond motifs is 1. The van der Waals surface area contributed by atoms with Crippen LogP contribution in [0, 0.1) is 5.82 Å². The Balaban J connectivity index is 1.64. The van der Waals surface area contributed by atoms with Gasteiger partial charge in [-0.15, -0.1) is 0 Å². The molecule has 3 rings (SSSR count). The number of anilines is 2. The van der Waals surface area contributed by atoms with Crippen LogP contribution in [0.2, 0.25) is 0 Å². The molecule has 10 heteroatoms. The van der Waals surface area contributed by atoms with Crippen molar-refractivity contribution in [2.75, 3.05) is 43.0 Å². The van der Waals surface area contributed by atoms with Gasteiger partial charge in [-0.25, -0.2) is 8.70 Å². The zero-order valence-corrected chi connectivity index (χ0v) is 17.1. The lowest BCUT2D eigenvalue weighted by atomic mass is 10.1. The lowest BCUT2D eigenvalue weighted by molar-refractivity contribution is -0.119. The minimum atomic E-state index is -3.92. The van der Waals surface area contributed by atoms with Crippen molar-refractivity contribution in [1.29, 1.82) is 0 Å². The molecule has 2 aromatic rings. The summed E-state index contributed by atoms with van der Waals surface area (Å²) in [4.78, 5) is 12.3. The normalized spacial score (nSPS) is 14.5. The Morgan fingerprint density at radius 2 is 1.79 bits per heavy atom. The van der Waals surface area contributed by atoms with Crippen LogP contribution in [-0.2, 0) is 21.4 Å². The van der Waals surface area contributed by atoms with Crippen LogP contribution in [0.4, 0.5) is 15.8 Å². The molecule has 0 spiro atoms. The minimum Gasteiger partial charge on any atom is -0.493 e. The Labute approximate surface area is 169 Å². The van der Waals surface area contributed by atoms with Gasteiger partial charge in [0.15, 0.2) is 11.5 Å². The molecule has 0 atom stereocenters. The van der Waals surface area contributed by atoms with Crippen molar-refractivity contribution < 1.29 is 27.1 Å². The van der Waals surface area contributed by atoms with E-state index in [1.807, 2.05) is 12.1 Å². The fraction of sp³-hybridized carbons (Fsp3) is 0.316. The van der Waals surface area contributed by atoms with Crippen molar-refractivity contribution in [2.24, 2.45) is 0 Å². The zero-order valence-electron chi connectivity index (χ0n) is 16.3. The first-order valence-corrected chi connectivity index (χ1v) is 10.2. The highest BCUT2D eigenvalue weighted by molar-refractivity contribution is 7.94. The van der Waals surface area contributed by atoms with Crippen molar-refractivity contribution in [1.82, 2.24) is 5.32 Å². The standard InChI is InChI=1S/C19H22FN3O5S/c1-22-15-6-5-14(20)11-16(15)23(29(22,25)26)12-19(24)21-9-8-13-4-7-17(27-2)18(10-13)28-3/h4-7,10-11H,8-9,12H2,1-3H3,(H,21,24). The van der Waals surface area contributed by atoms with Crippen molar-refractivity contribution >= 4 is 27.5 Å². The number of carbonyl (C=O) groups is 1. The first kappa shape index (κ1) is 20.7. The molecule has 29 heavy (non-hydrogen) atoms. The second-order valence-electron chi connectivity index (χ2n) is 6.40. The van der Waals surface area contributed by atoms with E-state index < -0.39 is 28.5 Å². The second-order valence-corrected chi connectivity index (χ2v) is 8.29. The Morgan fingerprint density at radius 1 is 1.07 bits per heavy atom. The van der Waals surface area contributed by atoms with Crippen LogP contribution < -0.4 is 23.4 Å². The molecule has 1 amide bonds. The third kappa shape index (κ3) is 4.07. The number of ether oxygens (including phenoxy) is 2. The van der Waals surface area contributed by atoms with Crippen LogP contribution in [0.1, 0.15) is 5.56 Å². The number of hydrogen-bond acceptors (Lipinski definition) is 5. The third-order valence-corrected chi connectivity index (χ3v) is 6.41. The highest BCUT2D eigenvalue weighted by Gasteiger charge is 2.39. The number of carbonyl (C=O) groups excluding carboxylic acids is 1. The summed E-state index contributed by atoms with van der Waals surface area (Å²) < 4.78 is 51.1. The van der Waals surface area contributed by atoms with Crippen molar-refractivity contribution in [3.63, 3.8) is 0 Å². The minimum absolute atomic E-state index is 0.141. The molecule has 1 heterocycles. The van der Waals surface area contributed by atoms with Gasteiger partial charge < -0.3 is 14.8 Å². The van der Waals surface area contributed by atoms with Gasteiger partial charge in [0, 0.05) is 19.7 Å². The van der Waals surface area contributed by atoms with Crippen molar-refractivity contribution in [3.05, 3.63) is 47.8 Å². The molecule has 156 valence electrons. The van der Waals surface area contributed by atoms with E-state index in [4.69, 9.17) is 9.47 Å². The summed E-state index contributed by atoms with van der Waals surface area (Å²) in [7, 11) is 0.527. The van der Waals surface area contributed by atoms with Gasteiger partial charge in [-0.1, -0.05) is 6.07 Å². The Kier molecular flexibility index (Phi) is 5.83. The highest BCUT2D eigenvalue weighted by atomic mass is 32.2. The molecule has 0 radical (unpaired) electrons. The van der Waals surface area contributed by atoms with Gasteiger partial charge in [0.25, 0.3) is 0 Å². The van der Waals surface area contributed by atoms with E-state index in [0.29, 0.717) is 30.2 Å². The summed E-state index contributed by atoms with van der Waals surface area (Å²) in [6.07, 6.45) is 0.518. The lowest BCUT2D eigenvalue weighted by Crippen LogP contribution is -2.42. The average molecular weight is 423 g/mol. The summed E-state index contributed by atoms with van der Waals surface area (Å²) in [6.45, 7) is -0.136. The molecule has 1 aliphatic rings. The molecule has 0 aliphatic carbocycles. The number of halogens is 1. The number of rotatable bonds is 7. The SMILES string of the molecule is COc1ccc(CCNC(=O)CN2c3cc(F)ccc3N(C)S2(=O)=O)cc1OC. The molecule has 0 fully saturated rings. The molecule has 0 saturated carbocycles. The fourth-order valence-electron chi connectivity index (χ4n) is 3.09. The van der Waals surface area contributed by atoms with Gasteiger partial charge in [-0.05, 0) is 36.2 Å². The molecule has 0 bridgehead atoms. The Hall–Kier alpha value is -3.01. The average Bonchev–Trinajstić information content (AvgIpc) is 2.88. The number of hydrogen-bond donors (Lipinski definition) is 1. The molecule has 1 aliphatic heterocycles. The number of nitrogens with one attached hydrogen (secondary N) is 1. The number of amides is 1.